The fraction of sp³-hybridized carbons (Fsp3) is 0.300. The molecular weight excluding hydrogens is 368 g/mol. The molecule has 0 aliphatic carbocycles. The Balaban J connectivity index is 1.65. The van der Waals surface area contributed by atoms with E-state index in [0.29, 0.717) is 29.5 Å². The Labute approximate surface area is 163 Å². The molecule has 1 aliphatic heterocycles. The molecule has 0 aromatic heterocycles. The van der Waals surface area contributed by atoms with Crippen LogP contribution in [0.25, 0.3) is 0 Å². The van der Waals surface area contributed by atoms with Crippen molar-refractivity contribution in [3.63, 3.8) is 0 Å². The van der Waals surface area contributed by atoms with Crippen LogP contribution in [0.5, 0.6) is 11.5 Å². The van der Waals surface area contributed by atoms with Gasteiger partial charge in [0.2, 0.25) is 11.8 Å². The van der Waals surface area contributed by atoms with Gasteiger partial charge in [-0.2, -0.15) is 0 Å². The van der Waals surface area contributed by atoms with Crippen molar-refractivity contribution in [3.05, 3.63) is 53.1 Å². The van der Waals surface area contributed by atoms with E-state index in [9.17, 15) is 9.59 Å². The molecule has 3 rings (SSSR count). The van der Waals surface area contributed by atoms with Gasteiger partial charge in [0.05, 0.1) is 14.2 Å². The molecular formula is C20H21ClN2O4. The Bertz CT molecular complexity index is 838. The Kier molecular flexibility index (Phi) is 5.86. The molecule has 0 radical (unpaired) electrons. The first-order chi connectivity index (χ1) is 13.0. The van der Waals surface area contributed by atoms with Crippen LogP contribution in [0.4, 0.5) is 5.69 Å². The van der Waals surface area contributed by atoms with Crippen molar-refractivity contribution in [2.75, 3.05) is 25.7 Å². The number of methoxy groups -OCH3 is 2. The molecule has 1 heterocycles. The van der Waals surface area contributed by atoms with Crippen LogP contribution in [0, 0.1) is 5.92 Å². The largest absolute Gasteiger partial charge is 0.497 e. The number of anilines is 1. The molecule has 1 aliphatic rings. The fourth-order valence-electron chi connectivity index (χ4n) is 3.13. The number of nitrogens with zero attached hydrogens (tertiary/aromatic N) is 1. The van der Waals surface area contributed by atoms with E-state index in [1.54, 1.807) is 61.6 Å². The van der Waals surface area contributed by atoms with Crippen molar-refractivity contribution >= 4 is 29.1 Å². The molecule has 2 amide bonds. The number of ether oxygens (including phenoxy) is 2. The Morgan fingerprint density at radius 3 is 2.59 bits per heavy atom. The van der Waals surface area contributed by atoms with Gasteiger partial charge in [-0.3, -0.25) is 9.59 Å². The summed E-state index contributed by atoms with van der Waals surface area (Å²) in [7, 11) is 3.14. The van der Waals surface area contributed by atoms with Gasteiger partial charge in [0, 0.05) is 29.4 Å². The molecule has 0 saturated carbocycles. The Hall–Kier alpha value is -2.73. The molecule has 1 saturated heterocycles. The van der Waals surface area contributed by atoms with Crippen molar-refractivity contribution in [2.24, 2.45) is 5.92 Å². The summed E-state index contributed by atoms with van der Waals surface area (Å²) in [6, 6.07) is 12.4. The Morgan fingerprint density at radius 2 is 1.93 bits per heavy atom. The lowest BCUT2D eigenvalue weighted by molar-refractivity contribution is -0.132. The summed E-state index contributed by atoms with van der Waals surface area (Å²) in [6.07, 6.45) is 0.475. The van der Waals surface area contributed by atoms with Crippen molar-refractivity contribution in [3.8, 4) is 11.5 Å². The second-order valence-electron chi connectivity index (χ2n) is 6.20. The number of hydrogen-bond donors (Lipinski definition) is 1. The van der Waals surface area contributed by atoms with Crippen molar-refractivity contribution in [1.29, 1.82) is 0 Å². The molecule has 1 unspecified atom stereocenters. The van der Waals surface area contributed by atoms with Gasteiger partial charge in [0.1, 0.15) is 17.4 Å². The molecule has 2 aromatic rings. The summed E-state index contributed by atoms with van der Waals surface area (Å²) in [5, 5.41) is 3.44. The first-order valence-corrected chi connectivity index (χ1v) is 8.97. The first kappa shape index (κ1) is 19.0. The van der Waals surface area contributed by atoms with E-state index < -0.39 is 5.92 Å². The zero-order chi connectivity index (χ0) is 19.4. The van der Waals surface area contributed by atoms with E-state index in [1.165, 1.54) is 0 Å². The van der Waals surface area contributed by atoms with Crippen molar-refractivity contribution in [2.45, 2.75) is 13.0 Å². The number of nitrogens with one attached hydrogen (secondary N) is 1. The SMILES string of the molecule is COc1ccc(OC)c(CNC(=O)C2CCN(c3ccc(Cl)cc3)C2=O)c1. The second kappa shape index (κ2) is 8.31. The molecule has 1 atom stereocenters. The third kappa shape index (κ3) is 4.17. The third-order valence-electron chi connectivity index (χ3n) is 4.60. The summed E-state index contributed by atoms with van der Waals surface area (Å²) < 4.78 is 10.5. The normalized spacial score (nSPS) is 16.3. The van der Waals surface area contributed by atoms with Crippen LogP contribution in [0.15, 0.2) is 42.5 Å². The highest BCUT2D eigenvalue weighted by Gasteiger charge is 2.37. The number of amides is 2. The van der Waals surface area contributed by atoms with Gasteiger partial charge in [-0.15, -0.1) is 0 Å². The molecule has 7 heteroatoms. The average Bonchev–Trinajstić information content (AvgIpc) is 3.08. The van der Waals surface area contributed by atoms with Gasteiger partial charge in [0.15, 0.2) is 0 Å². The van der Waals surface area contributed by atoms with E-state index in [-0.39, 0.29) is 18.4 Å². The van der Waals surface area contributed by atoms with Crippen LogP contribution >= 0.6 is 11.6 Å². The standard InChI is InChI=1S/C20H21ClN2O4/c1-26-16-7-8-18(27-2)13(11-16)12-22-19(24)17-9-10-23(20(17)25)15-5-3-14(21)4-6-15/h3-8,11,17H,9-10,12H2,1-2H3,(H,22,24). The lowest BCUT2D eigenvalue weighted by Crippen LogP contribution is -2.36. The number of hydrogen-bond acceptors (Lipinski definition) is 4. The molecule has 1 fully saturated rings. The van der Waals surface area contributed by atoms with Gasteiger partial charge < -0.3 is 19.7 Å². The molecule has 6 nitrogen and oxygen atoms in total. The summed E-state index contributed by atoms with van der Waals surface area (Å²) in [6.45, 7) is 0.755. The van der Waals surface area contributed by atoms with Crippen LogP contribution in [0.2, 0.25) is 5.02 Å². The predicted molar refractivity (Wildman–Crippen MR) is 103 cm³/mol. The van der Waals surface area contributed by atoms with Gasteiger partial charge in [-0.1, -0.05) is 11.6 Å². The number of benzene rings is 2. The van der Waals surface area contributed by atoms with Gasteiger partial charge in [0.25, 0.3) is 0 Å². The molecule has 1 N–H and O–H groups in total. The quantitative estimate of drug-likeness (QED) is 0.772. The summed E-state index contributed by atoms with van der Waals surface area (Å²) in [5.41, 5.74) is 1.53. The number of carbonyl (C=O) groups is 2. The number of rotatable bonds is 6. The molecule has 2 aromatic carbocycles. The molecule has 0 bridgehead atoms. The van der Waals surface area contributed by atoms with Crippen molar-refractivity contribution < 1.29 is 19.1 Å². The summed E-state index contributed by atoms with van der Waals surface area (Å²) in [4.78, 5) is 26.8. The Morgan fingerprint density at radius 1 is 1.19 bits per heavy atom. The van der Waals surface area contributed by atoms with Gasteiger partial charge >= 0.3 is 0 Å². The molecule has 27 heavy (non-hydrogen) atoms. The zero-order valence-electron chi connectivity index (χ0n) is 15.2. The topological polar surface area (TPSA) is 67.9 Å². The minimum absolute atomic E-state index is 0.201. The predicted octanol–water partition coefficient (Wildman–Crippen LogP) is 3.03. The maximum absolute atomic E-state index is 12.7. The highest BCUT2D eigenvalue weighted by Crippen LogP contribution is 2.27. The van der Waals surface area contributed by atoms with E-state index in [1.807, 2.05) is 0 Å². The van der Waals surface area contributed by atoms with E-state index >= 15 is 0 Å². The monoisotopic (exact) mass is 388 g/mol. The van der Waals surface area contributed by atoms with Crippen LogP contribution in [0.3, 0.4) is 0 Å². The first-order valence-electron chi connectivity index (χ1n) is 8.59. The third-order valence-corrected chi connectivity index (χ3v) is 4.85. The van der Waals surface area contributed by atoms with Crippen LogP contribution < -0.4 is 19.7 Å². The smallest absolute Gasteiger partial charge is 0.239 e. The van der Waals surface area contributed by atoms with Crippen LogP contribution in [-0.4, -0.2) is 32.6 Å². The average molecular weight is 389 g/mol. The van der Waals surface area contributed by atoms with E-state index in [0.717, 1.165) is 11.3 Å². The van der Waals surface area contributed by atoms with Crippen molar-refractivity contribution in [1.82, 2.24) is 5.32 Å². The maximum Gasteiger partial charge on any atom is 0.239 e. The van der Waals surface area contributed by atoms with Gasteiger partial charge in [-0.05, 0) is 48.9 Å². The highest BCUT2D eigenvalue weighted by molar-refractivity contribution is 6.30. The molecule has 0 spiro atoms. The van der Waals surface area contributed by atoms with Gasteiger partial charge in [-0.25, -0.2) is 0 Å². The minimum atomic E-state index is -0.697. The minimum Gasteiger partial charge on any atom is -0.497 e. The lowest BCUT2D eigenvalue weighted by Gasteiger charge is -2.17. The zero-order valence-corrected chi connectivity index (χ0v) is 16.0. The summed E-state index contributed by atoms with van der Waals surface area (Å²) >= 11 is 5.89. The number of halogens is 1. The van der Waals surface area contributed by atoms with Crippen LogP contribution in [0.1, 0.15) is 12.0 Å². The van der Waals surface area contributed by atoms with Crippen LogP contribution in [-0.2, 0) is 16.1 Å². The molecule has 142 valence electrons. The maximum atomic E-state index is 12.7. The fourth-order valence-corrected chi connectivity index (χ4v) is 3.25. The van der Waals surface area contributed by atoms with E-state index in [2.05, 4.69) is 5.32 Å². The number of carbonyl (C=O) groups excluding carboxylic acids is 2. The highest BCUT2D eigenvalue weighted by atomic mass is 35.5. The van der Waals surface area contributed by atoms with E-state index in [4.69, 9.17) is 21.1 Å². The lowest BCUT2D eigenvalue weighted by atomic mass is 10.1. The second-order valence-corrected chi connectivity index (χ2v) is 6.64. The summed E-state index contributed by atoms with van der Waals surface area (Å²) in [5.74, 6) is 0.133.